The largest absolute Gasteiger partial charge is 0.504 e. The van der Waals surface area contributed by atoms with Gasteiger partial charge in [-0.2, -0.15) is 5.10 Å². The molecule has 0 atom stereocenters. The molecule has 1 fully saturated rings. The molecular weight excluding hydrogens is 370 g/mol. The van der Waals surface area contributed by atoms with E-state index in [2.05, 4.69) is 15.8 Å². The summed E-state index contributed by atoms with van der Waals surface area (Å²) in [4.78, 5) is 24.5. The summed E-state index contributed by atoms with van der Waals surface area (Å²) in [6, 6.07) is 11.6. The third-order valence-electron chi connectivity index (χ3n) is 5.01. The average Bonchev–Trinajstić information content (AvgIpc) is 2.76. The Labute approximate surface area is 169 Å². The fraction of sp³-hybridized carbons (Fsp3) is 0.318. The van der Waals surface area contributed by atoms with E-state index >= 15 is 0 Å². The summed E-state index contributed by atoms with van der Waals surface area (Å²) in [5, 5.41) is 16.8. The van der Waals surface area contributed by atoms with E-state index in [-0.39, 0.29) is 17.6 Å². The molecule has 0 aliphatic heterocycles. The van der Waals surface area contributed by atoms with Gasteiger partial charge in [0, 0.05) is 22.7 Å². The molecule has 7 nitrogen and oxygen atoms in total. The number of hydrogen-bond acceptors (Lipinski definition) is 5. The predicted octanol–water partition coefficient (Wildman–Crippen LogP) is 3.68. The van der Waals surface area contributed by atoms with Crippen molar-refractivity contribution in [3.8, 4) is 11.5 Å². The van der Waals surface area contributed by atoms with Crippen molar-refractivity contribution in [1.82, 2.24) is 5.43 Å². The number of methoxy groups -OCH3 is 1. The fourth-order valence-electron chi connectivity index (χ4n) is 3.35. The van der Waals surface area contributed by atoms with Gasteiger partial charge < -0.3 is 15.2 Å². The second-order valence-corrected chi connectivity index (χ2v) is 7.00. The van der Waals surface area contributed by atoms with Crippen molar-refractivity contribution in [2.45, 2.75) is 32.1 Å². The summed E-state index contributed by atoms with van der Waals surface area (Å²) in [5.74, 6) is 0.00433. The Kier molecular flexibility index (Phi) is 6.84. The van der Waals surface area contributed by atoms with Crippen LogP contribution in [-0.2, 0) is 4.79 Å². The Morgan fingerprint density at radius 3 is 2.52 bits per heavy atom. The Morgan fingerprint density at radius 1 is 1.10 bits per heavy atom. The van der Waals surface area contributed by atoms with Crippen LogP contribution in [0.5, 0.6) is 11.5 Å². The Bertz CT molecular complexity index is 887. The molecule has 7 heteroatoms. The van der Waals surface area contributed by atoms with E-state index in [1.807, 2.05) is 0 Å². The molecule has 0 saturated heterocycles. The predicted molar refractivity (Wildman–Crippen MR) is 111 cm³/mol. The lowest BCUT2D eigenvalue weighted by Crippen LogP contribution is -2.24. The summed E-state index contributed by atoms with van der Waals surface area (Å²) in [5.41, 5.74) is 3.92. The molecule has 0 unspecified atom stereocenters. The van der Waals surface area contributed by atoms with E-state index in [0.717, 1.165) is 25.7 Å². The number of benzene rings is 2. The van der Waals surface area contributed by atoms with Gasteiger partial charge in [0.05, 0.1) is 13.3 Å². The minimum Gasteiger partial charge on any atom is -0.504 e. The molecule has 0 radical (unpaired) electrons. The van der Waals surface area contributed by atoms with Crippen LogP contribution in [0.15, 0.2) is 47.6 Å². The molecule has 0 spiro atoms. The number of nitrogens with zero attached hydrogens (tertiary/aromatic N) is 1. The van der Waals surface area contributed by atoms with Crippen molar-refractivity contribution < 1.29 is 19.4 Å². The Balaban J connectivity index is 1.55. The van der Waals surface area contributed by atoms with E-state index < -0.39 is 5.91 Å². The number of hydrazone groups is 1. The van der Waals surface area contributed by atoms with Gasteiger partial charge in [-0.1, -0.05) is 25.3 Å². The first-order valence-electron chi connectivity index (χ1n) is 9.69. The number of para-hydroxylation sites is 1. The van der Waals surface area contributed by atoms with Crippen molar-refractivity contribution in [3.63, 3.8) is 0 Å². The van der Waals surface area contributed by atoms with Crippen LogP contribution in [0.4, 0.5) is 5.69 Å². The van der Waals surface area contributed by atoms with E-state index in [1.54, 1.807) is 42.5 Å². The van der Waals surface area contributed by atoms with Crippen LogP contribution in [0, 0.1) is 5.92 Å². The third kappa shape index (κ3) is 5.34. The van der Waals surface area contributed by atoms with Gasteiger partial charge >= 0.3 is 0 Å². The van der Waals surface area contributed by atoms with Crippen molar-refractivity contribution in [1.29, 1.82) is 0 Å². The highest BCUT2D eigenvalue weighted by Crippen LogP contribution is 2.28. The van der Waals surface area contributed by atoms with Crippen molar-refractivity contribution in [2.24, 2.45) is 11.0 Å². The number of carbonyl (C=O) groups is 2. The molecule has 1 aliphatic rings. The zero-order valence-electron chi connectivity index (χ0n) is 16.4. The fourth-order valence-corrected chi connectivity index (χ4v) is 3.35. The van der Waals surface area contributed by atoms with Crippen LogP contribution >= 0.6 is 0 Å². The van der Waals surface area contributed by atoms with Crippen LogP contribution in [0.3, 0.4) is 0 Å². The summed E-state index contributed by atoms with van der Waals surface area (Å²) in [6.45, 7) is 0. The molecule has 2 amide bonds. The lowest BCUT2D eigenvalue weighted by molar-refractivity contribution is -0.120. The number of amides is 2. The maximum atomic E-state index is 12.3. The van der Waals surface area contributed by atoms with Gasteiger partial charge in [-0.05, 0) is 49.2 Å². The number of anilines is 1. The first kappa shape index (κ1) is 20.4. The quantitative estimate of drug-likeness (QED) is 0.513. The summed E-state index contributed by atoms with van der Waals surface area (Å²) in [6.07, 6.45) is 6.62. The SMILES string of the molecule is COc1cccc(C=NNC(=O)c2ccc(NC(=O)C3CCCCC3)cc2)c1O. The number of hydrogen-bond donors (Lipinski definition) is 3. The van der Waals surface area contributed by atoms with Gasteiger partial charge in [0.15, 0.2) is 11.5 Å². The number of nitrogens with one attached hydrogen (secondary N) is 2. The third-order valence-corrected chi connectivity index (χ3v) is 5.01. The highest BCUT2D eigenvalue weighted by molar-refractivity contribution is 5.97. The first-order valence-corrected chi connectivity index (χ1v) is 9.69. The number of carbonyl (C=O) groups excluding carboxylic acids is 2. The van der Waals surface area contributed by atoms with E-state index in [9.17, 15) is 14.7 Å². The van der Waals surface area contributed by atoms with Gasteiger partial charge in [0.25, 0.3) is 5.91 Å². The van der Waals surface area contributed by atoms with E-state index in [1.165, 1.54) is 19.7 Å². The maximum Gasteiger partial charge on any atom is 0.271 e. The Hall–Kier alpha value is -3.35. The highest BCUT2D eigenvalue weighted by atomic mass is 16.5. The van der Waals surface area contributed by atoms with E-state index in [0.29, 0.717) is 22.6 Å². The number of phenolic OH excluding ortho intramolecular Hbond substituents is 1. The van der Waals surface area contributed by atoms with Crippen LogP contribution in [0.1, 0.15) is 48.0 Å². The molecule has 2 aromatic carbocycles. The van der Waals surface area contributed by atoms with Crippen molar-refractivity contribution in [2.75, 3.05) is 12.4 Å². The monoisotopic (exact) mass is 395 g/mol. The minimum absolute atomic E-state index is 0.0459. The molecule has 0 heterocycles. The maximum absolute atomic E-state index is 12.3. The van der Waals surface area contributed by atoms with Crippen LogP contribution < -0.4 is 15.5 Å². The number of rotatable bonds is 6. The smallest absolute Gasteiger partial charge is 0.271 e. The second kappa shape index (κ2) is 9.73. The molecule has 3 N–H and O–H groups in total. The van der Waals surface area contributed by atoms with Gasteiger partial charge in [-0.3, -0.25) is 9.59 Å². The zero-order valence-corrected chi connectivity index (χ0v) is 16.4. The van der Waals surface area contributed by atoms with Crippen LogP contribution in [-0.4, -0.2) is 30.2 Å². The number of ether oxygens (including phenoxy) is 1. The molecule has 0 bridgehead atoms. The van der Waals surface area contributed by atoms with Crippen LogP contribution in [0.25, 0.3) is 0 Å². The molecular formula is C22H25N3O4. The summed E-state index contributed by atoms with van der Waals surface area (Å²) < 4.78 is 5.03. The molecule has 1 aliphatic carbocycles. The van der Waals surface area contributed by atoms with Gasteiger partial charge in [-0.15, -0.1) is 0 Å². The van der Waals surface area contributed by atoms with Crippen molar-refractivity contribution >= 4 is 23.7 Å². The standard InChI is InChI=1S/C22H25N3O4/c1-29-19-9-5-8-17(20(19)26)14-23-25-22(28)16-10-12-18(13-11-16)24-21(27)15-6-3-2-4-7-15/h5,8-15,26H,2-4,6-7H2,1H3,(H,24,27)(H,25,28). The summed E-state index contributed by atoms with van der Waals surface area (Å²) in [7, 11) is 1.46. The average molecular weight is 395 g/mol. The molecule has 29 heavy (non-hydrogen) atoms. The number of phenols is 1. The first-order chi connectivity index (χ1) is 14.1. The molecule has 2 aromatic rings. The second-order valence-electron chi connectivity index (χ2n) is 7.00. The lowest BCUT2D eigenvalue weighted by Gasteiger charge is -2.20. The zero-order chi connectivity index (χ0) is 20.6. The van der Waals surface area contributed by atoms with Gasteiger partial charge in [-0.25, -0.2) is 5.43 Å². The van der Waals surface area contributed by atoms with Gasteiger partial charge in [0.1, 0.15) is 0 Å². The van der Waals surface area contributed by atoms with Gasteiger partial charge in [0.2, 0.25) is 5.91 Å². The normalized spacial score (nSPS) is 14.5. The Morgan fingerprint density at radius 2 is 1.83 bits per heavy atom. The highest BCUT2D eigenvalue weighted by Gasteiger charge is 2.21. The lowest BCUT2D eigenvalue weighted by atomic mass is 9.88. The van der Waals surface area contributed by atoms with E-state index in [4.69, 9.17) is 4.74 Å². The number of aromatic hydroxyl groups is 1. The topological polar surface area (TPSA) is 100 Å². The van der Waals surface area contributed by atoms with Crippen LogP contribution in [0.2, 0.25) is 0 Å². The summed E-state index contributed by atoms with van der Waals surface area (Å²) >= 11 is 0. The van der Waals surface area contributed by atoms with Crippen molar-refractivity contribution in [3.05, 3.63) is 53.6 Å². The molecule has 3 rings (SSSR count). The molecule has 0 aromatic heterocycles. The molecule has 1 saturated carbocycles. The minimum atomic E-state index is -0.395. The molecule has 152 valence electrons.